The van der Waals surface area contributed by atoms with Gasteiger partial charge in [-0.05, 0) is 41.8 Å². The minimum Gasteiger partial charge on any atom is -0.481 e. The average molecular weight is 718 g/mol. The maximum absolute atomic E-state index is 15.4. The van der Waals surface area contributed by atoms with E-state index in [2.05, 4.69) is 25.9 Å². The molecule has 238 valence electrons. The van der Waals surface area contributed by atoms with Gasteiger partial charge in [-0.2, -0.15) is 0 Å². The summed E-state index contributed by atoms with van der Waals surface area (Å²) in [5, 5.41) is 27.4. The Morgan fingerprint density at radius 3 is 2.47 bits per heavy atom. The van der Waals surface area contributed by atoms with Gasteiger partial charge in [0.05, 0.1) is 29.6 Å². The van der Waals surface area contributed by atoms with Crippen molar-refractivity contribution in [1.82, 2.24) is 9.97 Å². The minimum atomic E-state index is -3.16. The van der Waals surface area contributed by atoms with Gasteiger partial charge in [0, 0.05) is 45.5 Å². The van der Waals surface area contributed by atoms with E-state index in [1.165, 1.54) is 13.2 Å². The van der Waals surface area contributed by atoms with Crippen LogP contribution < -0.4 is 20.0 Å². The fourth-order valence-corrected chi connectivity index (χ4v) is 8.54. The predicted molar refractivity (Wildman–Crippen MR) is 178 cm³/mol. The van der Waals surface area contributed by atoms with Gasteiger partial charge in [0.1, 0.15) is 10.9 Å². The summed E-state index contributed by atoms with van der Waals surface area (Å²) in [6, 6.07) is 27.5. The van der Waals surface area contributed by atoms with Gasteiger partial charge in [-0.25, -0.2) is 18.7 Å². The zero-order valence-electron chi connectivity index (χ0n) is 25.0. The molecular weight excluding hydrogens is 690 g/mol. The van der Waals surface area contributed by atoms with Crippen LogP contribution in [0.3, 0.4) is 0 Å². The number of alkyl halides is 2. The van der Waals surface area contributed by atoms with Crippen molar-refractivity contribution in [3.63, 3.8) is 0 Å². The average Bonchev–Trinajstić information content (AvgIpc) is 3.41. The number of pyridine rings is 2. The summed E-state index contributed by atoms with van der Waals surface area (Å²) in [4.78, 5) is 8.93. The third-order valence-electron chi connectivity index (χ3n) is 9.88. The lowest BCUT2D eigenvalue weighted by atomic mass is 9.70. The van der Waals surface area contributed by atoms with Crippen LogP contribution in [-0.4, -0.2) is 39.3 Å². The molecule has 2 N–H and O–H groups in total. The molecule has 0 saturated heterocycles. The molecule has 0 amide bonds. The first-order valence-electron chi connectivity index (χ1n) is 15.2. The number of fused-ring (bicyclic) bond motifs is 5. The molecule has 1 saturated carbocycles. The lowest BCUT2D eigenvalue weighted by Gasteiger charge is -2.41. The lowest BCUT2D eigenvalue weighted by Crippen LogP contribution is -2.52. The predicted octanol–water partition coefficient (Wildman–Crippen LogP) is 6.36. The molecule has 5 aromatic rings. The molecule has 2 aromatic heterocycles. The Morgan fingerprint density at radius 1 is 1.00 bits per heavy atom. The minimum absolute atomic E-state index is 0.00738. The van der Waals surface area contributed by atoms with E-state index >= 15 is 8.78 Å². The molecule has 10 heteroatoms. The number of nitrogens with zero attached hydrogens (tertiary/aromatic N) is 2. The highest BCUT2D eigenvalue weighted by Gasteiger charge is 2.77. The maximum atomic E-state index is 15.4. The van der Waals surface area contributed by atoms with E-state index in [-0.39, 0.29) is 34.1 Å². The molecule has 47 heavy (non-hydrogen) atoms. The largest absolute Gasteiger partial charge is 0.481 e. The van der Waals surface area contributed by atoms with Gasteiger partial charge in [0.15, 0.2) is 11.2 Å². The van der Waals surface area contributed by atoms with E-state index in [0.29, 0.717) is 21.9 Å². The van der Waals surface area contributed by atoms with Crippen LogP contribution in [0.25, 0.3) is 22.6 Å². The SMILES string of the molecule is COc1nc(Cl)cc2c1C1(O)C(O)C(CC3=c4cc5ccccc5nc4=CC(F)(F)C3)C(c3ccccc3)C1(c1ccc(Br)cc1)O2. The van der Waals surface area contributed by atoms with Crippen LogP contribution in [0.4, 0.5) is 8.78 Å². The van der Waals surface area contributed by atoms with Crippen LogP contribution >= 0.6 is 27.5 Å². The summed E-state index contributed by atoms with van der Waals surface area (Å²) >= 11 is 9.89. The Hall–Kier alpha value is -3.89. The first kappa shape index (κ1) is 30.4. The van der Waals surface area contributed by atoms with Crippen molar-refractivity contribution in [1.29, 1.82) is 0 Å². The molecule has 0 radical (unpaired) electrons. The number of aromatic nitrogens is 2. The van der Waals surface area contributed by atoms with Crippen molar-refractivity contribution in [2.45, 2.75) is 42.0 Å². The summed E-state index contributed by atoms with van der Waals surface area (Å²) in [6.07, 6.45) is -1.12. The fourth-order valence-electron chi connectivity index (χ4n) is 8.10. The number of hydrogen-bond acceptors (Lipinski definition) is 6. The number of rotatable bonds is 5. The van der Waals surface area contributed by atoms with Crippen molar-refractivity contribution < 1.29 is 28.5 Å². The first-order chi connectivity index (χ1) is 22.6. The number of aliphatic hydroxyl groups is 2. The quantitative estimate of drug-likeness (QED) is 0.206. The van der Waals surface area contributed by atoms with Crippen molar-refractivity contribution in [2.75, 3.05) is 7.11 Å². The molecule has 1 fully saturated rings. The van der Waals surface area contributed by atoms with Gasteiger partial charge in [-0.3, -0.25) is 0 Å². The van der Waals surface area contributed by atoms with Gasteiger partial charge in [-0.1, -0.05) is 93.8 Å². The summed E-state index contributed by atoms with van der Waals surface area (Å²) in [5.74, 6) is -4.47. The highest BCUT2D eigenvalue weighted by molar-refractivity contribution is 9.10. The molecule has 0 bridgehead atoms. The number of para-hydroxylation sites is 1. The van der Waals surface area contributed by atoms with Gasteiger partial charge >= 0.3 is 0 Å². The number of ether oxygens (including phenoxy) is 2. The normalized spacial score (nSPS) is 27.0. The Bertz CT molecular complexity index is 2190. The van der Waals surface area contributed by atoms with Crippen LogP contribution in [0.5, 0.6) is 11.6 Å². The molecule has 2 aliphatic carbocycles. The zero-order chi connectivity index (χ0) is 32.7. The lowest BCUT2D eigenvalue weighted by molar-refractivity contribution is -0.152. The van der Waals surface area contributed by atoms with E-state index in [9.17, 15) is 10.2 Å². The Morgan fingerprint density at radius 2 is 1.72 bits per heavy atom. The first-order valence-corrected chi connectivity index (χ1v) is 16.4. The molecule has 1 aliphatic heterocycles. The fraction of sp³-hybridized carbons (Fsp3) is 0.243. The Kier molecular flexibility index (Phi) is 7.01. The molecule has 6 nitrogen and oxygen atoms in total. The van der Waals surface area contributed by atoms with Crippen molar-refractivity contribution in [3.05, 3.63) is 128 Å². The molecule has 5 atom stereocenters. The zero-order valence-corrected chi connectivity index (χ0v) is 27.3. The van der Waals surface area contributed by atoms with Crippen LogP contribution in [-0.2, 0) is 11.2 Å². The maximum Gasteiger partial charge on any atom is 0.272 e. The summed E-state index contributed by atoms with van der Waals surface area (Å²) in [6.45, 7) is 0. The van der Waals surface area contributed by atoms with Crippen LogP contribution in [0.2, 0.25) is 5.15 Å². The van der Waals surface area contributed by atoms with E-state index in [0.717, 1.165) is 21.5 Å². The van der Waals surface area contributed by atoms with Crippen molar-refractivity contribution in [3.8, 4) is 11.6 Å². The molecular formula is C37H28BrClF2N2O4. The molecule has 3 aliphatic rings. The molecule has 5 unspecified atom stereocenters. The second-order valence-electron chi connectivity index (χ2n) is 12.4. The molecule has 8 rings (SSSR count). The molecule has 3 aromatic carbocycles. The topological polar surface area (TPSA) is 84.7 Å². The van der Waals surface area contributed by atoms with E-state index in [1.54, 1.807) is 6.07 Å². The number of aliphatic hydroxyl groups excluding tert-OH is 1. The Balaban J connectivity index is 1.41. The van der Waals surface area contributed by atoms with Crippen molar-refractivity contribution in [2.24, 2.45) is 5.92 Å². The summed E-state index contributed by atoms with van der Waals surface area (Å²) in [5.41, 5.74) is -1.21. The highest BCUT2D eigenvalue weighted by atomic mass is 79.9. The van der Waals surface area contributed by atoms with Crippen molar-refractivity contribution >= 4 is 50.1 Å². The van der Waals surface area contributed by atoms with Crippen LogP contribution in [0, 0.1) is 5.92 Å². The second kappa shape index (κ2) is 10.8. The smallest absolute Gasteiger partial charge is 0.272 e. The number of benzene rings is 3. The number of hydrogen-bond donors (Lipinski definition) is 2. The third kappa shape index (κ3) is 4.47. The van der Waals surface area contributed by atoms with E-state index < -0.39 is 41.5 Å². The number of halogens is 4. The summed E-state index contributed by atoms with van der Waals surface area (Å²) < 4.78 is 44.2. The summed E-state index contributed by atoms with van der Waals surface area (Å²) in [7, 11) is 1.40. The molecule has 0 spiro atoms. The van der Waals surface area contributed by atoms with Crippen LogP contribution in [0.1, 0.15) is 35.4 Å². The Labute approximate surface area is 282 Å². The van der Waals surface area contributed by atoms with Gasteiger partial charge < -0.3 is 19.7 Å². The molecule has 3 heterocycles. The van der Waals surface area contributed by atoms with Crippen LogP contribution in [0.15, 0.2) is 95.5 Å². The number of methoxy groups -OCH3 is 1. The van der Waals surface area contributed by atoms with Gasteiger partial charge in [-0.15, -0.1) is 0 Å². The van der Waals surface area contributed by atoms with E-state index in [1.807, 2.05) is 78.9 Å². The van der Waals surface area contributed by atoms with E-state index in [4.69, 9.17) is 21.1 Å². The second-order valence-corrected chi connectivity index (χ2v) is 13.7. The monoisotopic (exact) mass is 716 g/mol. The van der Waals surface area contributed by atoms with Gasteiger partial charge in [0.25, 0.3) is 5.92 Å². The third-order valence-corrected chi connectivity index (χ3v) is 10.6. The van der Waals surface area contributed by atoms with Gasteiger partial charge in [0.2, 0.25) is 5.88 Å². The highest BCUT2D eigenvalue weighted by Crippen LogP contribution is 2.70. The standard InChI is InChI=1S/C37H28BrClF2N2O4/c1-46-34-32-29(17-30(39)43-34)47-37(23-11-13-24(38)14-12-23)31(20-7-3-2-4-8-20)26(33(44)36(32,37)45)16-22-18-35(40,41)19-28-25(22)15-21-9-5-6-10-27(21)42-28/h2-15,17,19,26,31,33,44-45H,16,18H2,1H3.